The van der Waals surface area contributed by atoms with Crippen LogP contribution < -0.4 is 4.90 Å². The number of ether oxygens (including phenoxy) is 1. The second kappa shape index (κ2) is 6.71. The predicted molar refractivity (Wildman–Crippen MR) is 76.4 cm³/mol. The van der Waals surface area contributed by atoms with Crippen molar-refractivity contribution in [2.24, 2.45) is 0 Å². The van der Waals surface area contributed by atoms with E-state index >= 15 is 0 Å². The van der Waals surface area contributed by atoms with Gasteiger partial charge in [-0.25, -0.2) is 9.29 Å². The summed E-state index contributed by atoms with van der Waals surface area (Å²) in [5.74, 6) is -1.57. The van der Waals surface area contributed by atoms with Crippen molar-refractivity contribution in [3.8, 4) is 0 Å². The topological polar surface area (TPSA) is 63.7 Å². The smallest absolute Gasteiger partial charge is 0.315 e. The molecule has 1 fully saturated rings. The van der Waals surface area contributed by atoms with Gasteiger partial charge in [-0.1, -0.05) is 0 Å². The van der Waals surface area contributed by atoms with E-state index in [0.717, 1.165) is 16.7 Å². The van der Waals surface area contributed by atoms with Crippen molar-refractivity contribution in [2.75, 3.05) is 17.3 Å². The summed E-state index contributed by atoms with van der Waals surface area (Å²) in [6.45, 7) is 1.97. The molecule has 21 heavy (non-hydrogen) atoms. The van der Waals surface area contributed by atoms with Crippen LogP contribution in [0, 0.1) is 5.82 Å². The number of benzene rings is 1. The van der Waals surface area contributed by atoms with E-state index in [4.69, 9.17) is 4.74 Å². The Balaban J connectivity index is 2.03. The Morgan fingerprint density at radius 2 is 2.05 bits per heavy atom. The maximum atomic E-state index is 12.9. The number of anilines is 1. The number of imide groups is 1. The Labute approximate surface area is 125 Å². The molecule has 7 heteroatoms. The maximum Gasteiger partial charge on any atom is 0.315 e. The molecule has 2 amide bonds. The highest BCUT2D eigenvalue weighted by molar-refractivity contribution is 8.01. The van der Waals surface area contributed by atoms with Gasteiger partial charge < -0.3 is 4.74 Å². The molecule has 5 nitrogen and oxygen atoms in total. The van der Waals surface area contributed by atoms with Crippen LogP contribution in [0.5, 0.6) is 0 Å². The summed E-state index contributed by atoms with van der Waals surface area (Å²) in [6.07, 6.45) is 0.0281. The molecule has 1 aliphatic rings. The van der Waals surface area contributed by atoms with E-state index in [0.29, 0.717) is 5.69 Å². The number of thioether (sulfide) groups is 1. The third-order valence-corrected chi connectivity index (χ3v) is 4.07. The van der Waals surface area contributed by atoms with Gasteiger partial charge in [-0.2, -0.15) is 0 Å². The second-order valence-corrected chi connectivity index (χ2v) is 5.54. The molecule has 0 saturated carbocycles. The maximum absolute atomic E-state index is 12.9. The number of amides is 2. The van der Waals surface area contributed by atoms with Crippen LogP contribution in [0.25, 0.3) is 0 Å². The average Bonchev–Trinajstić information content (AvgIpc) is 2.73. The van der Waals surface area contributed by atoms with E-state index in [9.17, 15) is 18.8 Å². The Morgan fingerprint density at radius 1 is 1.38 bits per heavy atom. The minimum Gasteiger partial charge on any atom is -0.465 e. The van der Waals surface area contributed by atoms with Crippen molar-refractivity contribution >= 4 is 35.2 Å². The molecule has 112 valence electrons. The van der Waals surface area contributed by atoms with Crippen LogP contribution in [0.4, 0.5) is 10.1 Å². The summed E-state index contributed by atoms with van der Waals surface area (Å²) in [4.78, 5) is 36.5. The van der Waals surface area contributed by atoms with E-state index in [-0.39, 0.29) is 30.6 Å². The first kappa shape index (κ1) is 15.5. The van der Waals surface area contributed by atoms with E-state index in [1.807, 2.05) is 0 Å². The minimum atomic E-state index is -0.605. The molecular weight excluding hydrogens is 297 g/mol. The van der Waals surface area contributed by atoms with E-state index in [1.165, 1.54) is 24.3 Å². The third-order valence-electron chi connectivity index (χ3n) is 2.90. The lowest BCUT2D eigenvalue weighted by molar-refractivity contribution is -0.139. The number of halogens is 1. The molecule has 2 rings (SSSR count). The van der Waals surface area contributed by atoms with Gasteiger partial charge in [0.25, 0.3) is 0 Å². The highest BCUT2D eigenvalue weighted by Gasteiger charge is 2.40. The first-order valence-corrected chi connectivity index (χ1v) is 7.47. The Hall–Kier alpha value is -1.89. The van der Waals surface area contributed by atoms with E-state index in [2.05, 4.69) is 0 Å². The molecule has 1 aromatic carbocycles. The lowest BCUT2D eigenvalue weighted by Crippen LogP contribution is -2.31. The molecule has 1 atom stereocenters. The van der Waals surface area contributed by atoms with Gasteiger partial charge in [0.05, 0.1) is 23.3 Å². The van der Waals surface area contributed by atoms with Crippen LogP contribution in [0.1, 0.15) is 13.3 Å². The quantitative estimate of drug-likeness (QED) is 0.612. The molecule has 1 saturated heterocycles. The van der Waals surface area contributed by atoms with Gasteiger partial charge in [-0.15, -0.1) is 11.8 Å². The fraction of sp³-hybridized carbons (Fsp3) is 0.357. The standard InChI is InChI=1S/C14H14FNO4S/c1-2-20-13(18)8-21-11-7-12(17)16(14(11)19)10-5-3-9(15)4-6-10/h3-6,11H,2,7-8H2,1H3/t11-/m0/s1. The Bertz CT molecular complexity index is 561. The van der Waals surface area contributed by atoms with Gasteiger partial charge in [-0.3, -0.25) is 14.4 Å². The molecule has 1 aromatic rings. The number of hydrogen-bond donors (Lipinski definition) is 0. The number of rotatable bonds is 5. The van der Waals surface area contributed by atoms with Gasteiger partial charge in [0, 0.05) is 6.42 Å². The molecule has 0 aliphatic carbocycles. The molecular formula is C14H14FNO4S. The van der Waals surface area contributed by atoms with E-state index < -0.39 is 17.0 Å². The molecule has 1 aliphatic heterocycles. The number of carbonyl (C=O) groups excluding carboxylic acids is 3. The van der Waals surface area contributed by atoms with Gasteiger partial charge in [0.1, 0.15) is 5.82 Å². The third kappa shape index (κ3) is 3.60. The summed E-state index contributed by atoms with van der Waals surface area (Å²) in [5, 5.41) is -0.605. The normalized spacial score (nSPS) is 18.2. The van der Waals surface area contributed by atoms with Gasteiger partial charge in [-0.05, 0) is 31.2 Å². The minimum absolute atomic E-state index is 0.0226. The fourth-order valence-corrected chi connectivity index (χ4v) is 2.90. The zero-order valence-corrected chi connectivity index (χ0v) is 12.2. The van der Waals surface area contributed by atoms with Crippen LogP contribution in [-0.4, -0.2) is 35.4 Å². The van der Waals surface area contributed by atoms with Crippen LogP contribution in [0.15, 0.2) is 24.3 Å². The van der Waals surface area contributed by atoms with Crippen molar-refractivity contribution in [1.82, 2.24) is 0 Å². The van der Waals surface area contributed by atoms with Crippen molar-refractivity contribution in [1.29, 1.82) is 0 Å². The molecule has 0 bridgehead atoms. The first-order valence-electron chi connectivity index (χ1n) is 6.42. The number of esters is 1. The molecule has 1 heterocycles. The predicted octanol–water partition coefficient (Wildman–Crippen LogP) is 1.75. The van der Waals surface area contributed by atoms with Gasteiger partial charge >= 0.3 is 5.97 Å². The summed E-state index contributed by atoms with van der Waals surface area (Å²) in [5.41, 5.74) is 0.339. The molecule has 0 spiro atoms. The lowest BCUT2D eigenvalue weighted by atomic mass is 10.3. The van der Waals surface area contributed by atoms with Crippen LogP contribution in [0.2, 0.25) is 0 Å². The number of hydrogen-bond acceptors (Lipinski definition) is 5. The molecule has 0 radical (unpaired) electrons. The highest BCUT2D eigenvalue weighted by atomic mass is 32.2. The lowest BCUT2D eigenvalue weighted by Gasteiger charge is -2.14. The summed E-state index contributed by atoms with van der Waals surface area (Å²) in [6, 6.07) is 5.14. The van der Waals surface area contributed by atoms with Gasteiger partial charge in [0.15, 0.2) is 0 Å². The van der Waals surface area contributed by atoms with Gasteiger partial charge in [0.2, 0.25) is 11.8 Å². The molecule has 0 unspecified atom stereocenters. The summed E-state index contributed by atoms with van der Waals surface area (Å²) < 4.78 is 17.7. The van der Waals surface area contributed by atoms with E-state index in [1.54, 1.807) is 6.92 Å². The molecule has 0 aromatic heterocycles. The average molecular weight is 311 g/mol. The zero-order valence-electron chi connectivity index (χ0n) is 11.4. The largest absolute Gasteiger partial charge is 0.465 e. The molecule has 0 N–H and O–H groups in total. The van der Waals surface area contributed by atoms with Crippen LogP contribution in [0.3, 0.4) is 0 Å². The SMILES string of the molecule is CCOC(=O)CS[C@H]1CC(=O)N(c2ccc(F)cc2)C1=O. The second-order valence-electron chi connectivity index (χ2n) is 4.35. The van der Waals surface area contributed by atoms with Crippen LogP contribution >= 0.6 is 11.8 Å². The van der Waals surface area contributed by atoms with Crippen molar-refractivity contribution in [2.45, 2.75) is 18.6 Å². The summed E-state index contributed by atoms with van der Waals surface area (Å²) in [7, 11) is 0. The van der Waals surface area contributed by atoms with Crippen LogP contribution in [-0.2, 0) is 19.1 Å². The summed E-state index contributed by atoms with van der Waals surface area (Å²) >= 11 is 1.08. The van der Waals surface area contributed by atoms with Crippen molar-refractivity contribution < 1.29 is 23.5 Å². The Morgan fingerprint density at radius 3 is 2.67 bits per heavy atom. The first-order chi connectivity index (χ1) is 10.0. The monoisotopic (exact) mass is 311 g/mol. The highest BCUT2D eigenvalue weighted by Crippen LogP contribution is 2.29. The Kier molecular flexibility index (Phi) is 4.95. The number of carbonyl (C=O) groups is 3. The number of nitrogens with zero attached hydrogens (tertiary/aromatic N) is 1. The van der Waals surface area contributed by atoms with Crippen molar-refractivity contribution in [3.63, 3.8) is 0 Å². The fourth-order valence-electron chi connectivity index (χ4n) is 1.97. The van der Waals surface area contributed by atoms with Crippen molar-refractivity contribution in [3.05, 3.63) is 30.1 Å². The zero-order chi connectivity index (χ0) is 15.4.